The van der Waals surface area contributed by atoms with Gasteiger partial charge < -0.3 is 9.84 Å². The van der Waals surface area contributed by atoms with Gasteiger partial charge in [-0.3, -0.25) is 5.73 Å². The average Bonchev–Trinajstić information content (AvgIpc) is 2.91. The van der Waals surface area contributed by atoms with Gasteiger partial charge in [0.1, 0.15) is 29.4 Å². The van der Waals surface area contributed by atoms with E-state index in [1.165, 1.54) is 0 Å². The van der Waals surface area contributed by atoms with Gasteiger partial charge in [-0.1, -0.05) is 37.6 Å². The van der Waals surface area contributed by atoms with Gasteiger partial charge in [-0.15, -0.1) is 0 Å². The summed E-state index contributed by atoms with van der Waals surface area (Å²) in [5.41, 5.74) is 9.42. The minimum Gasteiger partial charge on any atom is -0.497 e. The maximum Gasteiger partial charge on any atom is 0.356 e. The van der Waals surface area contributed by atoms with Crippen molar-refractivity contribution in [2.75, 3.05) is 12.8 Å². The Kier molecular flexibility index (Phi) is 5.24. The smallest absolute Gasteiger partial charge is 0.356 e. The maximum atomic E-state index is 10.7. The van der Waals surface area contributed by atoms with Crippen molar-refractivity contribution in [3.8, 4) is 5.75 Å². The van der Waals surface area contributed by atoms with Crippen LogP contribution in [0.3, 0.4) is 0 Å². The number of unbranched alkanes of at least 4 members (excludes halogenated alkanes) is 1. The summed E-state index contributed by atoms with van der Waals surface area (Å²) in [5.74, 6) is 1.46. The van der Waals surface area contributed by atoms with E-state index in [9.17, 15) is 5.11 Å². The van der Waals surface area contributed by atoms with Gasteiger partial charge in [-0.25, -0.2) is 9.13 Å². The molecular weight excluding hydrogens is 314 g/mol. The second-order valence-electron chi connectivity index (χ2n) is 6.25. The molecule has 0 aliphatic carbocycles. The number of anilines is 1. The highest BCUT2D eigenvalue weighted by atomic mass is 16.5. The molecule has 5 heteroatoms. The molecule has 3 aromatic rings. The molecule has 25 heavy (non-hydrogen) atoms. The van der Waals surface area contributed by atoms with E-state index in [-0.39, 0.29) is 0 Å². The minimum atomic E-state index is -0.636. The standard InChI is InChI=1S/C20H25N3O2/c1-3-4-13-22-17-7-5-6-8-18(17)23(20(22)21)14-19(24)15-9-11-16(25-2)12-10-15/h5-12,19,21,24H,3-4,13-14H2,1-2H3/p+1/t19-/m1/s1. The van der Waals surface area contributed by atoms with Crippen LogP contribution in [0.1, 0.15) is 31.4 Å². The first-order valence-electron chi connectivity index (χ1n) is 8.74. The number of aryl methyl sites for hydroxylation is 1. The van der Waals surface area contributed by atoms with Crippen molar-refractivity contribution in [1.29, 1.82) is 0 Å². The first-order chi connectivity index (χ1) is 12.2. The van der Waals surface area contributed by atoms with E-state index in [2.05, 4.69) is 23.6 Å². The number of aliphatic hydroxyl groups is 1. The summed E-state index contributed by atoms with van der Waals surface area (Å²) in [6, 6.07) is 15.6. The van der Waals surface area contributed by atoms with E-state index >= 15 is 0 Å². The molecule has 3 rings (SSSR count). The topological polar surface area (TPSA) is 64.3 Å². The fraction of sp³-hybridized carbons (Fsp3) is 0.350. The highest BCUT2D eigenvalue weighted by Crippen LogP contribution is 2.21. The normalized spacial score (nSPS) is 12.4. The van der Waals surface area contributed by atoms with Gasteiger partial charge in [0.05, 0.1) is 13.7 Å². The van der Waals surface area contributed by atoms with Gasteiger partial charge in [-0.05, 0) is 36.2 Å². The molecule has 0 saturated carbocycles. The number of hydrogen-bond acceptors (Lipinski definition) is 3. The molecule has 3 N–H and O–H groups in total. The number of hydrogen-bond donors (Lipinski definition) is 2. The average molecular weight is 340 g/mol. The summed E-state index contributed by atoms with van der Waals surface area (Å²) in [6.45, 7) is 3.47. The van der Waals surface area contributed by atoms with E-state index in [4.69, 9.17) is 10.5 Å². The van der Waals surface area contributed by atoms with Crippen LogP contribution in [0.15, 0.2) is 48.5 Å². The van der Waals surface area contributed by atoms with Crippen molar-refractivity contribution in [3.63, 3.8) is 0 Å². The zero-order valence-electron chi connectivity index (χ0n) is 14.9. The zero-order valence-corrected chi connectivity index (χ0v) is 14.9. The van der Waals surface area contributed by atoms with E-state index < -0.39 is 6.10 Å². The van der Waals surface area contributed by atoms with Crippen LogP contribution in [0.4, 0.5) is 5.95 Å². The lowest BCUT2D eigenvalue weighted by Gasteiger charge is -2.11. The van der Waals surface area contributed by atoms with E-state index in [0.29, 0.717) is 12.5 Å². The third-order valence-electron chi connectivity index (χ3n) is 4.61. The number of nitrogens with two attached hydrogens (primary N) is 1. The number of rotatable bonds is 7. The highest BCUT2D eigenvalue weighted by molar-refractivity contribution is 5.73. The summed E-state index contributed by atoms with van der Waals surface area (Å²) < 4.78 is 9.31. The first-order valence-corrected chi connectivity index (χ1v) is 8.74. The van der Waals surface area contributed by atoms with Crippen molar-refractivity contribution in [1.82, 2.24) is 4.57 Å². The first kappa shape index (κ1) is 17.3. The Morgan fingerprint density at radius 1 is 1.16 bits per heavy atom. The number of para-hydroxylation sites is 2. The monoisotopic (exact) mass is 340 g/mol. The Hall–Kier alpha value is -2.53. The van der Waals surface area contributed by atoms with Crippen LogP contribution in [0.2, 0.25) is 0 Å². The lowest BCUT2D eigenvalue weighted by Crippen LogP contribution is -2.39. The number of imidazole rings is 1. The van der Waals surface area contributed by atoms with Gasteiger partial charge in [0.15, 0.2) is 0 Å². The summed E-state index contributed by atoms with van der Waals surface area (Å²) in [6.07, 6.45) is 1.55. The van der Waals surface area contributed by atoms with Crippen molar-refractivity contribution >= 4 is 17.0 Å². The molecule has 0 amide bonds. The Bertz CT molecular complexity index is 840. The SMILES string of the molecule is CCCCn1c(N)[n+](C[C@@H](O)c2ccc(OC)cc2)c2ccccc21. The molecule has 5 nitrogen and oxygen atoms in total. The van der Waals surface area contributed by atoms with E-state index in [0.717, 1.165) is 41.7 Å². The molecule has 1 atom stereocenters. The molecular formula is C20H26N3O2+. The number of ether oxygens (including phenoxy) is 1. The Labute approximate surface area is 148 Å². The fourth-order valence-electron chi connectivity index (χ4n) is 3.16. The predicted molar refractivity (Wildman–Crippen MR) is 99.4 cm³/mol. The number of benzene rings is 2. The minimum absolute atomic E-state index is 0.414. The Morgan fingerprint density at radius 3 is 2.56 bits per heavy atom. The molecule has 0 radical (unpaired) electrons. The van der Waals surface area contributed by atoms with Gasteiger partial charge in [0, 0.05) is 0 Å². The van der Waals surface area contributed by atoms with Gasteiger partial charge >= 0.3 is 5.95 Å². The lowest BCUT2D eigenvalue weighted by atomic mass is 10.1. The van der Waals surface area contributed by atoms with Crippen LogP contribution in [0.25, 0.3) is 11.0 Å². The molecule has 0 unspecified atom stereocenters. The second-order valence-corrected chi connectivity index (χ2v) is 6.25. The molecule has 0 saturated heterocycles. The van der Waals surface area contributed by atoms with Crippen LogP contribution in [0.5, 0.6) is 5.75 Å². The van der Waals surface area contributed by atoms with Crippen LogP contribution in [0, 0.1) is 0 Å². The lowest BCUT2D eigenvalue weighted by molar-refractivity contribution is -0.666. The summed E-state index contributed by atoms with van der Waals surface area (Å²) in [5, 5.41) is 10.7. The molecule has 2 aromatic carbocycles. The summed E-state index contributed by atoms with van der Waals surface area (Å²) in [7, 11) is 1.63. The number of nitrogens with zero attached hydrogens (tertiary/aromatic N) is 2. The van der Waals surface area contributed by atoms with Crippen LogP contribution < -0.4 is 15.0 Å². The van der Waals surface area contributed by atoms with E-state index in [1.807, 2.05) is 41.0 Å². The number of fused-ring (bicyclic) bond motifs is 1. The third kappa shape index (κ3) is 3.46. The Morgan fingerprint density at radius 2 is 1.88 bits per heavy atom. The molecule has 132 valence electrons. The molecule has 0 bridgehead atoms. The second kappa shape index (κ2) is 7.57. The number of aliphatic hydroxyl groups excluding tert-OH is 1. The molecule has 1 aromatic heterocycles. The van der Waals surface area contributed by atoms with Crippen molar-refractivity contribution in [2.45, 2.75) is 39.0 Å². The summed E-state index contributed by atoms with van der Waals surface area (Å²) in [4.78, 5) is 0. The zero-order chi connectivity index (χ0) is 17.8. The molecule has 0 aliphatic heterocycles. The van der Waals surface area contributed by atoms with Gasteiger partial charge in [0.25, 0.3) is 0 Å². The molecule has 0 aliphatic rings. The highest BCUT2D eigenvalue weighted by Gasteiger charge is 2.23. The summed E-state index contributed by atoms with van der Waals surface area (Å²) >= 11 is 0. The fourth-order valence-corrected chi connectivity index (χ4v) is 3.16. The van der Waals surface area contributed by atoms with Crippen molar-refractivity contribution in [3.05, 3.63) is 54.1 Å². The van der Waals surface area contributed by atoms with Crippen LogP contribution in [-0.2, 0) is 13.1 Å². The van der Waals surface area contributed by atoms with Crippen LogP contribution in [-0.4, -0.2) is 16.8 Å². The van der Waals surface area contributed by atoms with Crippen molar-refractivity contribution in [2.24, 2.45) is 0 Å². The molecule has 0 spiro atoms. The van der Waals surface area contributed by atoms with Gasteiger partial charge in [-0.2, -0.15) is 0 Å². The number of methoxy groups -OCH3 is 1. The van der Waals surface area contributed by atoms with Gasteiger partial charge in [0.2, 0.25) is 0 Å². The third-order valence-corrected chi connectivity index (χ3v) is 4.61. The van der Waals surface area contributed by atoms with Crippen LogP contribution >= 0.6 is 0 Å². The largest absolute Gasteiger partial charge is 0.497 e. The molecule has 0 fully saturated rings. The van der Waals surface area contributed by atoms with E-state index in [1.54, 1.807) is 7.11 Å². The quantitative estimate of drug-likeness (QED) is 0.650. The Balaban J connectivity index is 1.93. The van der Waals surface area contributed by atoms with Crippen molar-refractivity contribution < 1.29 is 14.4 Å². The number of nitrogen functional groups attached to an aromatic ring is 1. The predicted octanol–water partition coefficient (Wildman–Crippen LogP) is 3.05. The molecule has 1 heterocycles. The number of aromatic nitrogens is 2. The maximum absolute atomic E-state index is 10.7.